The van der Waals surface area contributed by atoms with Crippen LogP contribution in [0.25, 0.3) is 0 Å². The molecule has 1 aliphatic rings. The molecule has 22 heavy (non-hydrogen) atoms. The van der Waals surface area contributed by atoms with E-state index in [0.29, 0.717) is 12.1 Å². The lowest BCUT2D eigenvalue weighted by Gasteiger charge is -2.32. The van der Waals surface area contributed by atoms with Gasteiger partial charge in [-0.15, -0.1) is 0 Å². The molecule has 116 valence electrons. The Hall–Kier alpha value is -1.64. The molecule has 0 aromatic heterocycles. The van der Waals surface area contributed by atoms with E-state index in [1.54, 1.807) is 0 Å². The normalized spacial score (nSPS) is 19.7. The second-order valence-corrected chi connectivity index (χ2v) is 6.22. The third-order valence-corrected chi connectivity index (χ3v) is 4.54. The lowest BCUT2D eigenvalue weighted by molar-refractivity contribution is 0.307. The van der Waals surface area contributed by atoms with Crippen LogP contribution in [0.2, 0.25) is 0 Å². The zero-order valence-corrected chi connectivity index (χ0v) is 13.2. The molecule has 0 saturated carbocycles. The van der Waals surface area contributed by atoms with Gasteiger partial charge in [0.05, 0.1) is 0 Å². The van der Waals surface area contributed by atoms with Gasteiger partial charge in [-0.3, -0.25) is 0 Å². The van der Waals surface area contributed by atoms with Crippen LogP contribution in [0.1, 0.15) is 30.4 Å². The number of rotatable bonds is 6. The first-order valence-electron chi connectivity index (χ1n) is 8.46. The van der Waals surface area contributed by atoms with Gasteiger partial charge in [-0.2, -0.15) is 0 Å². The predicted octanol–water partition coefficient (Wildman–Crippen LogP) is 3.53. The van der Waals surface area contributed by atoms with Crippen molar-refractivity contribution in [3.05, 3.63) is 71.8 Å². The molecular weight excluding hydrogens is 268 g/mol. The SMILES string of the molecule is c1ccc(CNC(Cc2ccccc2)C2CCCCN2)cc1. The van der Waals surface area contributed by atoms with Crippen molar-refractivity contribution in [1.29, 1.82) is 0 Å². The van der Waals surface area contributed by atoms with Crippen molar-refractivity contribution in [1.82, 2.24) is 10.6 Å². The first-order valence-corrected chi connectivity index (χ1v) is 8.46. The average Bonchev–Trinajstić information content (AvgIpc) is 2.61. The van der Waals surface area contributed by atoms with Gasteiger partial charge >= 0.3 is 0 Å². The topological polar surface area (TPSA) is 24.1 Å². The molecule has 2 N–H and O–H groups in total. The van der Waals surface area contributed by atoms with Crippen LogP contribution in [0, 0.1) is 0 Å². The lowest BCUT2D eigenvalue weighted by atomic mass is 9.93. The molecule has 3 rings (SSSR count). The summed E-state index contributed by atoms with van der Waals surface area (Å²) in [4.78, 5) is 0. The summed E-state index contributed by atoms with van der Waals surface area (Å²) < 4.78 is 0. The van der Waals surface area contributed by atoms with Gasteiger partial charge in [0.1, 0.15) is 0 Å². The highest BCUT2D eigenvalue weighted by Gasteiger charge is 2.23. The van der Waals surface area contributed by atoms with Crippen LogP contribution in [0.15, 0.2) is 60.7 Å². The molecule has 0 spiro atoms. The fourth-order valence-electron chi connectivity index (χ4n) is 3.29. The smallest absolute Gasteiger partial charge is 0.0264 e. The summed E-state index contributed by atoms with van der Waals surface area (Å²) in [6, 6.07) is 22.6. The molecule has 2 nitrogen and oxygen atoms in total. The summed E-state index contributed by atoms with van der Waals surface area (Å²) in [6.07, 6.45) is 5.02. The number of piperidine rings is 1. The maximum atomic E-state index is 3.79. The predicted molar refractivity (Wildman–Crippen MR) is 92.9 cm³/mol. The van der Waals surface area contributed by atoms with Gasteiger partial charge < -0.3 is 10.6 Å². The van der Waals surface area contributed by atoms with Crippen LogP contribution in [0.5, 0.6) is 0 Å². The second-order valence-electron chi connectivity index (χ2n) is 6.22. The Bertz CT molecular complexity index is 532. The third kappa shape index (κ3) is 4.43. The summed E-state index contributed by atoms with van der Waals surface area (Å²) >= 11 is 0. The first kappa shape index (κ1) is 15.3. The maximum absolute atomic E-state index is 3.79. The van der Waals surface area contributed by atoms with E-state index in [0.717, 1.165) is 19.5 Å². The van der Waals surface area contributed by atoms with Gasteiger partial charge in [0.25, 0.3) is 0 Å². The maximum Gasteiger partial charge on any atom is 0.0264 e. The summed E-state index contributed by atoms with van der Waals surface area (Å²) in [7, 11) is 0. The van der Waals surface area contributed by atoms with Crippen LogP contribution in [0.3, 0.4) is 0 Å². The number of hydrogen-bond acceptors (Lipinski definition) is 2. The fourth-order valence-corrected chi connectivity index (χ4v) is 3.29. The quantitative estimate of drug-likeness (QED) is 0.851. The van der Waals surface area contributed by atoms with Crippen LogP contribution in [-0.4, -0.2) is 18.6 Å². The average molecular weight is 294 g/mol. The molecule has 2 aromatic rings. The molecular formula is C20H26N2. The van der Waals surface area contributed by atoms with Gasteiger partial charge in [-0.25, -0.2) is 0 Å². The molecule has 1 heterocycles. The summed E-state index contributed by atoms with van der Waals surface area (Å²) in [5.74, 6) is 0. The van der Waals surface area contributed by atoms with E-state index in [1.165, 1.54) is 30.4 Å². The van der Waals surface area contributed by atoms with E-state index in [2.05, 4.69) is 71.3 Å². The molecule has 1 fully saturated rings. The molecule has 2 atom stereocenters. The molecule has 0 amide bonds. The molecule has 1 saturated heterocycles. The van der Waals surface area contributed by atoms with Crippen LogP contribution in [0.4, 0.5) is 0 Å². The highest BCUT2D eigenvalue weighted by Crippen LogP contribution is 2.15. The molecule has 0 aliphatic carbocycles. The van der Waals surface area contributed by atoms with Crippen molar-refractivity contribution >= 4 is 0 Å². The summed E-state index contributed by atoms with van der Waals surface area (Å²) in [5.41, 5.74) is 2.77. The van der Waals surface area contributed by atoms with Crippen molar-refractivity contribution < 1.29 is 0 Å². The van der Waals surface area contributed by atoms with Crippen molar-refractivity contribution in [2.45, 2.75) is 44.3 Å². The van der Waals surface area contributed by atoms with E-state index in [9.17, 15) is 0 Å². The van der Waals surface area contributed by atoms with Gasteiger partial charge in [-0.1, -0.05) is 67.1 Å². The zero-order valence-electron chi connectivity index (χ0n) is 13.2. The minimum Gasteiger partial charge on any atom is -0.312 e. The number of nitrogens with one attached hydrogen (secondary N) is 2. The number of benzene rings is 2. The Morgan fingerprint density at radius 1 is 0.909 bits per heavy atom. The van der Waals surface area contributed by atoms with E-state index >= 15 is 0 Å². The molecule has 2 unspecified atom stereocenters. The summed E-state index contributed by atoms with van der Waals surface area (Å²) in [6.45, 7) is 2.10. The van der Waals surface area contributed by atoms with Gasteiger partial charge in [0.15, 0.2) is 0 Å². The second kappa shape index (κ2) is 8.11. The molecule has 2 heteroatoms. The van der Waals surface area contributed by atoms with Gasteiger partial charge in [-0.05, 0) is 36.9 Å². The van der Waals surface area contributed by atoms with Crippen molar-refractivity contribution in [3.63, 3.8) is 0 Å². The van der Waals surface area contributed by atoms with Crippen molar-refractivity contribution in [2.24, 2.45) is 0 Å². The van der Waals surface area contributed by atoms with Gasteiger partial charge in [0.2, 0.25) is 0 Å². The van der Waals surface area contributed by atoms with Crippen molar-refractivity contribution in [3.8, 4) is 0 Å². The Morgan fingerprint density at radius 2 is 1.59 bits per heavy atom. The lowest BCUT2D eigenvalue weighted by Crippen LogP contribution is -2.50. The molecule has 1 aliphatic heterocycles. The highest BCUT2D eigenvalue weighted by atomic mass is 15.0. The van der Waals surface area contributed by atoms with E-state index in [1.807, 2.05) is 0 Å². The van der Waals surface area contributed by atoms with Crippen molar-refractivity contribution in [2.75, 3.05) is 6.54 Å². The fraction of sp³-hybridized carbons (Fsp3) is 0.400. The minimum absolute atomic E-state index is 0.489. The summed E-state index contributed by atoms with van der Waals surface area (Å²) in [5, 5.41) is 7.50. The van der Waals surface area contributed by atoms with Crippen LogP contribution >= 0.6 is 0 Å². The van der Waals surface area contributed by atoms with E-state index in [4.69, 9.17) is 0 Å². The van der Waals surface area contributed by atoms with Crippen LogP contribution < -0.4 is 10.6 Å². The molecule has 0 bridgehead atoms. The Morgan fingerprint density at radius 3 is 2.23 bits per heavy atom. The van der Waals surface area contributed by atoms with E-state index < -0.39 is 0 Å². The largest absolute Gasteiger partial charge is 0.312 e. The van der Waals surface area contributed by atoms with Crippen LogP contribution in [-0.2, 0) is 13.0 Å². The first-order chi connectivity index (χ1) is 10.9. The standard InChI is InChI=1S/C20H26N2/c1-3-9-17(10-4-1)15-20(19-13-7-8-14-21-19)22-16-18-11-5-2-6-12-18/h1-6,9-12,19-22H,7-8,13-16H2. The monoisotopic (exact) mass is 294 g/mol. The Balaban J connectivity index is 1.65. The highest BCUT2D eigenvalue weighted by molar-refractivity contribution is 5.18. The van der Waals surface area contributed by atoms with E-state index in [-0.39, 0.29) is 0 Å². The third-order valence-electron chi connectivity index (χ3n) is 4.54. The number of hydrogen-bond donors (Lipinski definition) is 2. The van der Waals surface area contributed by atoms with Gasteiger partial charge in [0, 0.05) is 18.6 Å². The Labute approximate surface area is 134 Å². The minimum atomic E-state index is 0.489. The Kier molecular flexibility index (Phi) is 5.63. The zero-order chi connectivity index (χ0) is 15.0. The molecule has 2 aromatic carbocycles. The molecule has 0 radical (unpaired) electrons.